The van der Waals surface area contributed by atoms with Crippen LogP contribution in [0.1, 0.15) is 37.8 Å². The second-order valence-electron chi connectivity index (χ2n) is 7.52. The molecule has 1 aliphatic heterocycles. The molecule has 2 aromatic rings. The molecular weight excluding hydrogens is 340 g/mol. The number of amides is 3. The zero-order valence-corrected chi connectivity index (χ0v) is 15.5. The molecule has 0 saturated heterocycles. The van der Waals surface area contributed by atoms with E-state index in [1.165, 1.54) is 25.7 Å². The maximum absolute atomic E-state index is 12.5. The summed E-state index contributed by atoms with van der Waals surface area (Å²) in [5, 5.41) is 5.89. The molecule has 1 aliphatic carbocycles. The Hall–Kier alpha value is -2.76. The van der Waals surface area contributed by atoms with E-state index in [4.69, 9.17) is 0 Å². The highest BCUT2D eigenvalue weighted by Gasteiger charge is 2.20. The molecule has 1 saturated carbocycles. The number of carbonyl (C=O) groups excluding carboxylic acids is 2. The van der Waals surface area contributed by atoms with Gasteiger partial charge in [-0.25, -0.2) is 4.79 Å². The molecule has 0 spiro atoms. The smallest absolute Gasteiger partial charge is 0.322 e. The number of hydrogen-bond acceptors (Lipinski definition) is 2. The Balaban J connectivity index is 1.28. The Bertz CT molecular complexity index is 806. The summed E-state index contributed by atoms with van der Waals surface area (Å²) in [6, 6.07) is 11.3. The molecule has 0 radical (unpaired) electrons. The minimum absolute atomic E-state index is 0.0787. The van der Waals surface area contributed by atoms with Gasteiger partial charge in [0.2, 0.25) is 5.91 Å². The molecule has 142 valence electrons. The van der Waals surface area contributed by atoms with Crippen LogP contribution in [0.4, 0.5) is 16.2 Å². The molecule has 1 aromatic heterocycles. The summed E-state index contributed by atoms with van der Waals surface area (Å²) in [7, 11) is 0. The fourth-order valence-electron chi connectivity index (χ4n) is 4.02. The highest BCUT2D eigenvalue weighted by molar-refractivity contribution is 5.92. The molecule has 2 N–H and O–H groups in total. The van der Waals surface area contributed by atoms with Crippen molar-refractivity contribution in [3.63, 3.8) is 0 Å². The summed E-state index contributed by atoms with van der Waals surface area (Å²) in [5.74, 6) is 0.615. The molecular formula is C21H26N4O2. The van der Waals surface area contributed by atoms with E-state index in [1.54, 1.807) is 0 Å². The normalized spacial score (nSPS) is 16.8. The number of nitrogens with one attached hydrogen (secondary N) is 2. The Kier molecular flexibility index (Phi) is 5.14. The monoisotopic (exact) mass is 366 g/mol. The van der Waals surface area contributed by atoms with Crippen molar-refractivity contribution in [2.45, 2.75) is 45.2 Å². The maximum atomic E-state index is 12.5. The van der Waals surface area contributed by atoms with E-state index in [-0.39, 0.29) is 11.9 Å². The van der Waals surface area contributed by atoms with Crippen LogP contribution in [0.5, 0.6) is 0 Å². The topological polar surface area (TPSA) is 66.4 Å². The lowest BCUT2D eigenvalue weighted by atomic mass is 10.0. The van der Waals surface area contributed by atoms with Gasteiger partial charge in [0, 0.05) is 42.8 Å². The van der Waals surface area contributed by atoms with Gasteiger partial charge in [0.05, 0.1) is 6.54 Å². The molecule has 6 nitrogen and oxygen atoms in total. The van der Waals surface area contributed by atoms with E-state index in [9.17, 15) is 9.59 Å². The van der Waals surface area contributed by atoms with Gasteiger partial charge < -0.3 is 20.1 Å². The number of fused-ring (bicyclic) bond motifs is 1. The Morgan fingerprint density at radius 1 is 0.963 bits per heavy atom. The zero-order valence-electron chi connectivity index (χ0n) is 15.5. The lowest BCUT2D eigenvalue weighted by Crippen LogP contribution is -2.40. The van der Waals surface area contributed by atoms with Crippen molar-refractivity contribution in [3.05, 3.63) is 48.3 Å². The van der Waals surface area contributed by atoms with Gasteiger partial charge in [-0.2, -0.15) is 0 Å². The molecule has 1 aromatic carbocycles. The van der Waals surface area contributed by atoms with E-state index < -0.39 is 0 Å². The lowest BCUT2D eigenvalue weighted by Gasteiger charge is -2.28. The summed E-state index contributed by atoms with van der Waals surface area (Å²) in [6.07, 6.45) is 7.48. The largest absolute Gasteiger partial charge is 0.348 e. The lowest BCUT2D eigenvalue weighted by molar-refractivity contribution is -0.117. The molecule has 6 heteroatoms. The average molecular weight is 366 g/mol. The number of benzene rings is 1. The number of hydrogen-bond donors (Lipinski definition) is 2. The quantitative estimate of drug-likeness (QED) is 0.857. The molecule has 0 bridgehead atoms. The number of urea groups is 1. The van der Waals surface area contributed by atoms with Crippen LogP contribution < -0.4 is 10.6 Å². The zero-order chi connectivity index (χ0) is 18.6. The van der Waals surface area contributed by atoms with Gasteiger partial charge >= 0.3 is 6.03 Å². The van der Waals surface area contributed by atoms with E-state index >= 15 is 0 Å². The third-order valence-electron chi connectivity index (χ3n) is 5.54. The van der Waals surface area contributed by atoms with Crippen LogP contribution in [-0.4, -0.2) is 28.0 Å². The first-order valence-electron chi connectivity index (χ1n) is 9.77. The van der Waals surface area contributed by atoms with Crippen LogP contribution >= 0.6 is 0 Å². The van der Waals surface area contributed by atoms with Crippen LogP contribution in [0, 0.1) is 5.92 Å². The Morgan fingerprint density at radius 2 is 1.67 bits per heavy atom. The molecule has 4 rings (SSSR count). The Labute approximate surface area is 159 Å². The molecule has 0 atom stereocenters. The van der Waals surface area contributed by atoms with Crippen LogP contribution in [0.25, 0.3) is 0 Å². The molecule has 27 heavy (non-hydrogen) atoms. The van der Waals surface area contributed by atoms with Crippen LogP contribution in [-0.2, 0) is 17.9 Å². The van der Waals surface area contributed by atoms with Crippen molar-refractivity contribution < 1.29 is 9.59 Å². The predicted molar refractivity (Wildman–Crippen MR) is 106 cm³/mol. The Morgan fingerprint density at radius 3 is 2.41 bits per heavy atom. The van der Waals surface area contributed by atoms with Gasteiger partial charge in [0.1, 0.15) is 0 Å². The van der Waals surface area contributed by atoms with Gasteiger partial charge in [-0.3, -0.25) is 4.79 Å². The molecule has 3 amide bonds. The standard InChI is InChI=1S/C21H26N4O2/c26-20(14-16-4-1-2-5-16)22-17-7-9-18(10-8-17)23-21(27)25-13-12-24-11-3-6-19(24)15-25/h3,6-11,16H,1-2,4-5,12-15H2,(H,22,26)(H,23,27). The van der Waals surface area contributed by atoms with E-state index in [0.29, 0.717) is 25.4 Å². The summed E-state index contributed by atoms with van der Waals surface area (Å²) < 4.78 is 2.17. The highest BCUT2D eigenvalue weighted by atomic mass is 16.2. The number of anilines is 2. The number of nitrogens with zero attached hydrogens (tertiary/aromatic N) is 2. The van der Waals surface area contributed by atoms with Crippen molar-refractivity contribution in [1.82, 2.24) is 9.47 Å². The number of carbonyl (C=O) groups is 2. The first-order chi connectivity index (χ1) is 13.2. The van der Waals surface area contributed by atoms with Gasteiger partial charge in [0.25, 0.3) is 0 Å². The third kappa shape index (κ3) is 4.32. The summed E-state index contributed by atoms with van der Waals surface area (Å²) >= 11 is 0. The minimum Gasteiger partial charge on any atom is -0.348 e. The van der Waals surface area contributed by atoms with Gasteiger partial charge in [-0.15, -0.1) is 0 Å². The third-order valence-corrected chi connectivity index (χ3v) is 5.54. The van der Waals surface area contributed by atoms with Crippen molar-refractivity contribution in [1.29, 1.82) is 0 Å². The molecule has 2 heterocycles. The van der Waals surface area contributed by atoms with Crippen molar-refractivity contribution in [3.8, 4) is 0 Å². The van der Waals surface area contributed by atoms with Crippen LogP contribution in [0.3, 0.4) is 0 Å². The molecule has 0 unspecified atom stereocenters. The summed E-state index contributed by atoms with van der Waals surface area (Å²) in [4.78, 5) is 26.4. The fourth-order valence-corrected chi connectivity index (χ4v) is 4.02. The van der Waals surface area contributed by atoms with Gasteiger partial charge in [-0.1, -0.05) is 12.8 Å². The SMILES string of the molecule is O=C(CC1CCCC1)Nc1ccc(NC(=O)N2CCn3cccc3C2)cc1. The van der Waals surface area contributed by atoms with Crippen LogP contribution in [0.15, 0.2) is 42.6 Å². The molecule has 2 aliphatic rings. The number of aromatic nitrogens is 1. The highest BCUT2D eigenvalue weighted by Crippen LogP contribution is 2.28. The van der Waals surface area contributed by atoms with Gasteiger partial charge in [-0.05, 0) is 55.2 Å². The minimum atomic E-state index is -0.0968. The van der Waals surface area contributed by atoms with Crippen molar-refractivity contribution in [2.24, 2.45) is 5.92 Å². The van der Waals surface area contributed by atoms with E-state index in [2.05, 4.69) is 15.2 Å². The average Bonchev–Trinajstić information content (AvgIpc) is 3.34. The van der Waals surface area contributed by atoms with E-state index in [1.807, 2.05) is 47.5 Å². The number of rotatable bonds is 4. The van der Waals surface area contributed by atoms with Gasteiger partial charge in [0.15, 0.2) is 0 Å². The van der Waals surface area contributed by atoms with Crippen molar-refractivity contribution in [2.75, 3.05) is 17.2 Å². The molecule has 1 fully saturated rings. The van der Waals surface area contributed by atoms with Crippen molar-refractivity contribution >= 4 is 23.3 Å². The van der Waals surface area contributed by atoms with Crippen LogP contribution in [0.2, 0.25) is 0 Å². The van der Waals surface area contributed by atoms with E-state index in [0.717, 1.165) is 23.6 Å². The first-order valence-corrected chi connectivity index (χ1v) is 9.77. The predicted octanol–water partition coefficient (Wildman–Crippen LogP) is 4.05. The second-order valence-corrected chi connectivity index (χ2v) is 7.52. The second kappa shape index (κ2) is 7.86. The summed E-state index contributed by atoms with van der Waals surface area (Å²) in [5.41, 5.74) is 2.65. The summed E-state index contributed by atoms with van der Waals surface area (Å²) in [6.45, 7) is 2.14. The maximum Gasteiger partial charge on any atom is 0.322 e. The first kappa shape index (κ1) is 17.6. The fraction of sp³-hybridized carbons (Fsp3) is 0.429.